The molecular formula is C14H15IN2O4. The second kappa shape index (κ2) is 10.7. The van der Waals surface area contributed by atoms with Gasteiger partial charge in [-0.3, -0.25) is 4.98 Å². The molecular weight excluding hydrogens is 387 g/mol. The fourth-order valence-electron chi connectivity index (χ4n) is 1.13. The van der Waals surface area contributed by atoms with E-state index in [9.17, 15) is 14.7 Å². The lowest BCUT2D eigenvalue weighted by atomic mass is 10.3. The van der Waals surface area contributed by atoms with Gasteiger partial charge >= 0.3 is 5.97 Å². The zero-order valence-corrected chi connectivity index (χ0v) is 13.7. The van der Waals surface area contributed by atoms with Crippen LogP contribution in [0.1, 0.15) is 20.7 Å². The van der Waals surface area contributed by atoms with E-state index in [1.54, 1.807) is 29.1 Å². The molecule has 0 radical (unpaired) electrons. The number of alkyl halides is 1. The number of carboxylic acids is 2. The molecule has 1 N–H and O–H groups in total. The lowest BCUT2D eigenvalue weighted by Gasteiger charge is -1.97. The molecule has 112 valence electrons. The quantitative estimate of drug-likeness (QED) is 0.454. The van der Waals surface area contributed by atoms with Crippen LogP contribution in [0.4, 0.5) is 0 Å². The van der Waals surface area contributed by atoms with Gasteiger partial charge in [0, 0.05) is 30.1 Å². The van der Waals surface area contributed by atoms with E-state index in [-0.39, 0.29) is 5.56 Å². The first-order valence-electron chi connectivity index (χ1n) is 5.68. The van der Waals surface area contributed by atoms with Gasteiger partial charge in [-0.2, -0.15) is 0 Å². The van der Waals surface area contributed by atoms with Crippen LogP contribution in [-0.2, 0) is 7.05 Å². The molecule has 0 aliphatic heterocycles. The number of rotatable bonds is 2. The fourth-order valence-corrected chi connectivity index (χ4v) is 1.13. The summed E-state index contributed by atoms with van der Waals surface area (Å²) in [6.07, 6.45) is 6.21. The van der Waals surface area contributed by atoms with Crippen LogP contribution >= 0.6 is 22.6 Å². The van der Waals surface area contributed by atoms with Crippen molar-refractivity contribution in [1.29, 1.82) is 0 Å². The topological polar surface area (TPSA) is 94.2 Å². The molecule has 0 saturated carbocycles. The predicted molar refractivity (Wildman–Crippen MR) is 83.1 cm³/mol. The van der Waals surface area contributed by atoms with Gasteiger partial charge in [0.15, 0.2) is 12.4 Å². The third-order valence-electron chi connectivity index (χ3n) is 2.14. The average molecular weight is 402 g/mol. The highest BCUT2D eigenvalue weighted by Crippen LogP contribution is 1.92. The number of carbonyl (C=O) groups excluding carboxylic acids is 1. The summed E-state index contributed by atoms with van der Waals surface area (Å²) in [7, 11) is 1.84. The Balaban J connectivity index is 0.000000342. The maximum absolute atomic E-state index is 10.3. The molecule has 2 heterocycles. The summed E-state index contributed by atoms with van der Waals surface area (Å²) in [6.45, 7) is 0. The number of carboxylic acid groups (broad SMARTS) is 2. The van der Waals surface area contributed by atoms with Gasteiger partial charge in [0.25, 0.3) is 0 Å². The highest BCUT2D eigenvalue weighted by Gasteiger charge is 2.01. The molecule has 0 aliphatic rings. The Kier molecular flexibility index (Phi) is 9.69. The Bertz CT molecular complexity index is 559. The van der Waals surface area contributed by atoms with Gasteiger partial charge in [0.2, 0.25) is 0 Å². The maximum atomic E-state index is 10.3. The van der Waals surface area contributed by atoms with Gasteiger partial charge in [0.05, 0.1) is 11.5 Å². The van der Waals surface area contributed by atoms with Crippen molar-refractivity contribution >= 4 is 34.5 Å². The van der Waals surface area contributed by atoms with Crippen LogP contribution in [0, 0.1) is 0 Å². The Morgan fingerprint density at radius 1 is 1.10 bits per heavy atom. The van der Waals surface area contributed by atoms with E-state index in [2.05, 4.69) is 27.6 Å². The fraction of sp³-hybridized carbons (Fsp3) is 0.143. The number of hydrogen-bond acceptors (Lipinski definition) is 4. The zero-order chi connectivity index (χ0) is 16.3. The Hall–Kier alpha value is -2.03. The third-order valence-corrected chi connectivity index (χ3v) is 2.14. The first kappa shape index (κ1) is 19.0. The average Bonchev–Trinajstić information content (AvgIpc) is 2.51. The van der Waals surface area contributed by atoms with Crippen LogP contribution in [0.2, 0.25) is 0 Å². The zero-order valence-electron chi connectivity index (χ0n) is 11.6. The van der Waals surface area contributed by atoms with Crippen molar-refractivity contribution in [2.75, 3.05) is 4.93 Å². The number of hydrogen-bond donors (Lipinski definition) is 1. The SMILES string of the molecule is CI.C[n+]1ccc(C(=O)O)cc1.O=C([O-])c1ccncc1. The Morgan fingerprint density at radius 2 is 1.57 bits per heavy atom. The molecule has 2 rings (SSSR count). The summed E-state index contributed by atoms with van der Waals surface area (Å²) in [5.74, 6) is -2.06. The molecule has 0 fully saturated rings. The van der Waals surface area contributed by atoms with E-state index in [1.807, 2.05) is 12.0 Å². The molecule has 0 saturated heterocycles. The molecule has 7 heteroatoms. The molecule has 0 atom stereocenters. The van der Waals surface area contributed by atoms with Crippen molar-refractivity contribution in [1.82, 2.24) is 4.98 Å². The molecule has 0 aliphatic carbocycles. The molecule has 21 heavy (non-hydrogen) atoms. The number of aromatic carboxylic acids is 2. The molecule has 2 aromatic rings. The van der Waals surface area contributed by atoms with Crippen LogP contribution in [-0.4, -0.2) is 27.0 Å². The normalized spacial score (nSPS) is 8.52. The van der Waals surface area contributed by atoms with Gasteiger partial charge in [-0.25, -0.2) is 9.36 Å². The van der Waals surface area contributed by atoms with E-state index < -0.39 is 11.9 Å². The highest BCUT2D eigenvalue weighted by atomic mass is 127. The standard InChI is InChI=1S/C7H7NO2.C6H5NO2.CH3I/c1-8-4-2-6(3-5-8)7(9)10;8-6(9)5-1-3-7-4-2-5;1-2/h2-5H,1H3;1-4H,(H,8,9);1H3. The van der Waals surface area contributed by atoms with Gasteiger partial charge in [-0.1, -0.05) is 22.6 Å². The summed E-state index contributed by atoms with van der Waals surface area (Å²) >= 11 is 2.15. The Labute approximate surface area is 136 Å². The van der Waals surface area contributed by atoms with E-state index in [0.29, 0.717) is 5.56 Å². The van der Waals surface area contributed by atoms with Crippen LogP contribution in [0.15, 0.2) is 49.1 Å². The molecule has 0 aromatic carbocycles. The number of carbonyl (C=O) groups is 2. The molecule has 6 nitrogen and oxygen atoms in total. The van der Waals surface area contributed by atoms with Gasteiger partial charge in [0.1, 0.15) is 7.05 Å². The van der Waals surface area contributed by atoms with Crippen LogP contribution in [0.25, 0.3) is 0 Å². The van der Waals surface area contributed by atoms with Crippen molar-refractivity contribution in [2.24, 2.45) is 7.05 Å². The van der Waals surface area contributed by atoms with E-state index in [4.69, 9.17) is 5.11 Å². The number of aromatic nitrogens is 2. The maximum Gasteiger partial charge on any atom is 0.336 e. The number of halogens is 1. The van der Waals surface area contributed by atoms with Crippen LogP contribution < -0.4 is 9.67 Å². The van der Waals surface area contributed by atoms with E-state index >= 15 is 0 Å². The third kappa shape index (κ3) is 7.98. The highest BCUT2D eigenvalue weighted by molar-refractivity contribution is 14.1. The van der Waals surface area contributed by atoms with Crippen molar-refractivity contribution in [2.45, 2.75) is 0 Å². The van der Waals surface area contributed by atoms with Crippen LogP contribution in [0.5, 0.6) is 0 Å². The molecule has 2 aromatic heterocycles. The minimum absolute atomic E-state index is 0.157. The summed E-state index contributed by atoms with van der Waals surface area (Å²) in [6, 6.07) is 5.88. The largest absolute Gasteiger partial charge is 0.545 e. The van der Waals surface area contributed by atoms with Crippen molar-refractivity contribution in [3.8, 4) is 0 Å². The second-order valence-electron chi connectivity index (χ2n) is 3.58. The van der Waals surface area contributed by atoms with Crippen molar-refractivity contribution < 1.29 is 24.4 Å². The molecule has 0 spiro atoms. The molecule has 0 amide bonds. The smallest absolute Gasteiger partial charge is 0.336 e. The van der Waals surface area contributed by atoms with E-state index in [0.717, 1.165) is 0 Å². The number of nitrogens with zero attached hydrogens (tertiary/aromatic N) is 2. The lowest BCUT2D eigenvalue weighted by Crippen LogP contribution is -2.26. The first-order valence-corrected chi connectivity index (χ1v) is 7.84. The van der Waals surface area contributed by atoms with Crippen molar-refractivity contribution in [3.63, 3.8) is 0 Å². The monoisotopic (exact) mass is 402 g/mol. The minimum Gasteiger partial charge on any atom is -0.545 e. The summed E-state index contributed by atoms with van der Waals surface area (Å²) in [4.78, 5) is 26.0. The summed E-state index contributed by atoms with van der Waals surface area (Å²) in [5.41, 5.74) is 0.475. The molecule has 0 bridgehead atoms. The Morgan fingerprint density at radius 3 is 1.90 bits per heavy atom. The second-order valence-corrected chi connectivity index (χ2v) is 3.58. The summed E-state index contributed by atoms with van der Waals surface area (Å²) in [5, 5.41) is 18.5. The van der Waals surface area contributed by atoms with Crippen molar-refractivity contribution in [3.05, 3.63) is 60.2 Å². The van der Waals surface area contributed by atoms with E-state index in [1.165, 1.54) is 24.5 Å². The van der Waals surface area contributed by atoms with Gasteiger partial charge in [-0.05, 0) is 17.1 Å². The minimum atomic E-state index is -1.17. The number of pyridine rings is 2. The predicted octanol–water partition coefficient (Wildman–Crippen LogP) is 0.706. The molecule has 0 unspecified atom stereocenters. The lowest BCUT2D eigenvalue weighted by molar-refractivity contribution is -0.671. The van der Waals surface area contributed by atoms with Crippen LogP contribution in [0.3, 0.4) is 0 Å². The number of aryl methyl sites for hydroxylation is 1. The van der Waals surface area contributed by atoms with Gasteiger partial charge in [-0.15, -0.1) is 0 Å². The first-order chi connectivity index (χ1) is 10.0. The van der Waals surface area contributed by atoms with Gasteiger partial charge < -0.3 is 15.0 Å². The summed E-state index contributed by atoms with van der Waals surface area (Å²) < 4.78 is 1.78.